The van der Waals surface area contributed by atoms with Gasteiger partial charge in [0.05, 0.1) is 29.4 Å². The van der Waals surface area contributed by atoms with Crippen LogP contribution in [0.3, 0.4) is 0 Å². The highest BCUT2D eigenvalue weighted by Gasteiger charge is 2.19. The number of amides is 1. The van der Waals surface area contributed by atoms with Gasteiger partial charge in [-0.1, -0.05) is 11.6 Å². The SMILES string of the molecule is CCNc1ccc(S(=O)(=O)N(C)C)cc1NCC(=O)NCc1ccc(-c2ccc(Cl)cc2)o1. The lowest BCUT2D eigenvalue weighted by Gasteiger charge is -2.16. The first-order chi connectivity index (χ1) is 15.7. The molecule has 33 heavy (non-hydrogen) atoms. The van der Waals surface area contributed by atoms with E-state index in [0.717, 1.165) is 9.87 Å². The lowest BCUT2D eigenvalue weighted by atomic mass is 10.2. The Balaban J connectivity index is 1.62. The molecule has 176 valence electrons. The average Bonchev–Trinajstić information content (AvgIpc) is 3.26. The second-order valence-electron chi connectivity index (χ2n) is 7.43. The Labute approximate surface area is 199 Å². The van der Waals surface area contributed by atoms with Crippen LogP contribution in [0.15, 0.2) is 63.9 Å². The van der Waals surface area contributed by atoms with E-state index in [1.165, 1.54) is 26.2 Å². The molecule has 0 radical (unpaired) electrons. The molecule has 0 unspecified atom stereocenters. The van der Waals surface area contributed by atoms with Gasteiger partial charge in [-0.15, -0.1) is 0 Å². The highest BCUT2D eigenvalue weighted by Crippen LogP contribution is 2.27. The predicted octanol–water partition coefficient (Wildman–Crippen LogP) is 4.01. The molecule has 3 N–H and O–H groups in total. The molecule has 3 aromatic rings. The molecule has 0 aliphatic heterocycles. The normalized spacial score (nSPS) is 11.4. The summed E-state index contributed by atoms with van der Waals surface area (Å²) in [5.74, 6) is 1.03. The fourth-order valence-electron chi connectivity index (χ4n) is 3.05. The Bertz CT molecular complexity index is 1210. The van der Waals surface area contributed by atoms with E-state index in [2.05, 4.69) is 16.0 Å². The van der Waals surface area contributed by atoms with Crippen molar-refractivity contribution in [1.29, 1.82) is 0 Å². The summed E-state index contributed by atoms with van der Waals surface area (Å²) in [4.78, 5) is 12.5. The third-order valence-corrected chi connectivity index (χ3v) is 6.89. The molecule has 10 heteroatoms. The summed E-state index contributed by atoms with van der Waals surface area (Å²) in [6.45, 7) is 2.77. The van der Waals surface area contributed by atoms with Crippen LogP contribution in [0.25, 0.3) is 11.3 Å². The molecule has 0 saturated carbocycles. The van der Waals surface area contributed by atoms with Gasteiger partial charge in [0.25, 0.3) is 0 Å². The maximum absolute atomic E-state index is 12.5. The lowest BCUT2D eigenvalue weighted by Crippen LogP contribution is -2.29. The zero-order chi connectivity index (χ0) is 24.0. The quantitative estimate of drug-likeness (QED) is 0.396. The monoisotopic (exact) mass is 490 g/mol. The number of nitrogens with one attached hydrogen (secondary N) is 3. The van der Waals surface area contributed by atoms with Crippen molar-refractivity contribution >= 4 is 38.9 Å². The van der Waals surface area contributed by atoms with Crippen molar-refractivity contribution in [2.45, 2.75) is 18.4 Å². The van der Waals surface area contributed by atoms with Crippen molar-refractivity contribution in [3.63, 3.8) is 0 Å². The van der Waals surface area contributed by atoms with Crippen LogP contribution >= 0.6 is 11.6 Å². The minimum atomic E-state index is -3.59. The summed E-state index contributed by atoms with van der Waals surface area (Å²) in [6, 6.07) is 15.7. The number of sulfonamides is 1. The van der Waals surface area contributed by atoms with Crippen LogP contribution in [0.2, 0.25) is 5.02 Å². The standard InChI is InChI=1S/C23H27ClN4O4S/c1-4-25-20-11-10-19(33(30,31)28(2)3)13-21(20)26-15-23(29)27-14-18-9-12-22(32-18)16-5-7-17(24)8-6-16/h5-13,25-26H,4,14-15H2,1-3H3,(H,27,29). The number of halogens is 1. The molecule has 1 amide bonds. The Morgan fingerprint density at radius 3 is 2.39 bits per heavy atom. The van der Waals surface area contributed by atoms with Crippen molar-refractivity contribution in [3.05, 3.63) is 65.4 Å². The van der Waals surface area contributed by atoms with Gasteiger partial charge < -0.3 is 20.4 Å². The minimum Gasteiger partial charge on any atom is -0.459 e. The minimum absolute atomic E-state index is 0.0331. The molecular weight excluding hydrogens is 464 g/mol. The fourth-order valence-corrected chi connectivity index (χ4v) is 4.11. The number of carbonyl (C=O) groups is 1. The summed E-state index contributed by atoms with van der Waals surface area (Å²) in [6.07, 6.45) is 0. The number of benzene rings is 2. The van der Waals surface area contributed by atoms with E-state index in [-0.39, 0.29) is 23.9 Å². The van der Waals surface area contributed by atoms with E-state index in [1.54, 1.807) is 24.3 Å². The molecule has 2 aromatic carbocycles. The zero-order valence-corrected chi connectivity index (χ0v) is 20.3. The smallest absolute Gasteiger partial charge is 0.242 e. The van der Waals surface area contributed by atoms with E-state index in [1.807, 2.05) is 25.1 Å². The third-order valence-electron chi connectivity index (χ3n) is 4.83. The first-order valence-corrected chi connectivity index (χ1v) is 12.2. The van der Waals surface area contributed by atoms with E-state index >= 15 is 0 Å². The van der Waals surface area contributed by atoms with E-state index < -0.39 is 10.0 Å². The molecule has 1 heterocycles. The van der Waals surface area contributed by atoms with E-state index in [9.17, 15) is 13.2 Å². The molecule has 0 spiro atoms. The molecule has 0 bridgehead atoms. The van der Waals surface area contributed by atoms with E-state index in [4.69, 9.17) is 16.0 Å². The maximum atomic E-state index is 12.5. The van der Waals surface area contributed by atoms with Crippen LogP contribution in [-0.4, -0.2) is 45.8 Å². The largest absolute Gasteiger partial charge is 0.459 e. The Hall–Kier alpha value is -3.01. The van der Waals surface area contributed by atoms with Crippen LogP contribution in [0.5, 0.6) is 0 Å². The molecule has 0 saturated heterocycles. The van der Waals surface area contributed by atoms with E-state index in [0.29, 0.717) is 34.5 Å². The molecule has 0 aliphatic carbocycles. The molecule has 3 rings (SSSR count). The van der Waals surface area contributed by atoms with Gasteiger partial charge in [-0.2, -0.15) is 0 Å². The second kappa shape index (κ2) is 10.7. The van der Waals surface area contributed by atoms with Crippen LogP contribution in [0, 0.1) is 0 Å². The number of rotatable bonds is 10. The fraction of sp³-hybridized carbons (Fsp3) is 0.261. The van der Waals surface area contributed by atoms with Crippen molar-refractivity contribution in [3.8, 4) is 11.3 Å². The topological polar surface area (TPSA) is 104 Å². The molecule has 0 aliphatic rings. The van der Waals surface area contributed by atoms with Gasteiger partial charge in [-0.3, -0.25) is 4.79 Å². The van der Waals surface area contributed by atoms with Gasteiger partial charge in [0.1, 0.15) is 11.5 Å². The highest BCUT2D eigenvalue weighted by molar-refractivity contribution is 7.89. The Kier molecular flexibility index (Phi) is 8.01. The van der Waals surface area contributed by atoms with Crippen molar-refractivity contribution < 1.29 is 17.6 Å². The van der Waals surface area contributed by atoms with Crippen LogP contribution < -0.4 is 16.0 Å². The predicted molar refractivity (Wildman–Crippen MR) is 131 cm³/mol. The number of anilines is 2. The van der Waals surface area contributed by atoms with Crippen LogP contribution in [0.4, 0.5) is 11.4 Å². The van der Waals surface area contributed by atoms with Crippen LogP contribution in [-0.2, 0) is 21.4 Å². The average molecular weight is 491 g/mol. The summed E-state index contributed by atoms with van der Waals surface area (Å²) >= 11 is 5.91. The van der Waals surface area contributed by atoms with Crippen molar-refractivity contribution in [2.24, 2.45) is 0 Å². The lowest BCUT2D eigenvalue weighted by molar-refractivity contribution is -0.119. The number of nitrogens with zero attached hydrogens (tertiary/aromatic N) is 1. The Morgan fingerprint density at radius 1 is 1.00 bits per heavy atom. The Morgan fingerprint density at radius 2 is 1.73 bits per heavy atom. The number of furan rings is 1. The summed E-state index contributed by atoms with van der Waals surface area (Å²) in [5, 5.41) is 9.62. The van der Waals surface area contributed by atoms with Gasteiger partial charge in [0.2, 0.25) is 15.9 Å². The molecule has 8 nitrogen and oxygen atoms in total. The highest BCUT2D eigenvalue weighted by atomic mass is 35.5. The van der Waals surface area contributed by atoms with Gasteiger partial charge >= 0.3 is 0 Å². The van der Waals surface area contributed by atoms with Crippen molar-refractivity contribution in [2.75, 3.05) is 37.8 Å². The molecule has 1 aromatic heterocycles. The van der Waals surface area contributed by atoms with Gasteiger partial charge in [0.15, 0.2) is 0 Å². The maximum Gasteiger partial charge on any atom is 0.242 e. The number of hydrogen-bond donors (Lipinski definition) is 3. The number of carbonyl (C=O) groups excluding carboxylic acids is 1. The first kappa shape index (κ1) is 24.6. The summed E-state index contributed by atoms with van der Waals surface area (Å²) in [5.41, 5.74) is 2.13. The molecular formula is C23H27ClN4O4S. The second-order valence-corrected chi connectivity index (χ2v) is 10.0. The third kappa shape index (κ3) is 6.28. The van der Waals surface area contributed by atoms with Gasteiger partial charge in [0, 0.05) is 31.2 Å². The number of hydrogen-bond acceptors (Lipinski definition) is 6. The summed E-state index contributed by atoms with van der Waals surface area (Å²) < 4.78 is 31.8. The van der Waals surface area contributed by atoms with Crippen LogP contribution in [0.1, 0.15) is 12.7 Å². The zero-order valence-electron chi connectivity index (χ0n) is 18.7. The molecule has 0 atom stereocenters. The summed E-state index contributed by atoms with van der Waals surface area (Å²) in [7, 11) is -0.647. The molecule has 0 fully saturated rings. The van der Waals surface area contributed by atoms with Gasteiger partial charge in [-0.05, 0) is 61.5 Å². The van der Waals surface area contributed by atoms with Crippen molar-refractivity contribution in [1.82, 2.24) is 9.62 Å². The van der Waals surface area contributed by atoms with Gasteiger partial charge in [-0.25, -0.2) is 12.7 Å². The first-order valence-electron chi connectivity index (χ1n) is 10.4.